The van der Waals surface area contributed by atoms with Gasteiger partial charge in [0.25, 0.3) is 0 Å². The third-order valence-electron chi connectivity index (χ3n) is 10.9. The van der Waals surface area contributed by atoms with E-state index in [1.807, 2.05) is 0 Å². The first-order chi connectivity index (χ1) is 24.1. The third-order valence-corrected chi connectivity index (χ3v) is 10.9. The normalized spacial score (nSPS) is 13.6. The molecule has 2 heteroatoms. The Bertz CT molecular complexity index is 2610. The lowest BCUT2D eigenvalue weighted by molar-refractivity contribution is 0.423. The zero-order valence-corrected chi connectivity index (χ0v) is 29.8. The van der Waals surface area contributed by atoms with Crippen molar-refractivity contribution in [2.75, 3.05) is 4.90 Å². The molecule has 0 saturated heterocycles. The smallest absolute Gasteiger partial charge is 0.0517 e. The standard InChI is InChI=1S/C48H42N2/c1-31-15-14-21-42-46(31)40-26-24-34(29-43(40)48(42,5)6)49(36-27-33-18-10-11-19-37(33)41(28-36)32-16-8-7-9-17-32)35-23-25-39-38-20-12-13-22-44(38)50(45(39)30-35)47(2,3)4/h7-30H,1-6H3. The molecule has 1 heterocycles. The number of hydrogen-bond donors (Lipinski definition) is 0. The van der Waals surface area contributed by atoms with Crippen LogP contribution in [0.4, 0.5) is 17.1 Å². The summed E-state index contributed by atoms with van der Waals surface area (Å²) in [6.45, 7) is 13.9. The molecule has 8 aromatic rings. The van der Waals surface area contributed by atoms with Crippen LogP contribution in [-0.4, -0.2) is 4.57 Å². The van der Waals surface area contributed by atoms with E-state index in [0.717, 1.165) is 17.1 Å². The van der Waals surface area contributed by atoms with Crippen LogP contribution in [-0.2, 0) is 11.0 Å². The quantitative estimate of drug-likeness (QED) is 0.185. The molecule has 1 aliphatic carbocycles. The summed E-state index contributed by atoms with van der Waals surface area (Å²) < 4.78 is 2.51. The molecule has 1 aliphatic rings. The molecule has 0 amide bonds. The molecular formula is C48H42N2. The zero-order chi connectivity index (χ0) is 34.4. The third kappa shape index (κ3) is 4.55. The van der Waals surface area contributed by atoms with Gasteiger partial charge in [0.05, 0.1) is 5.52 Å². The molecule has 2 nitrogen and oxygen atoms in total. The lowest BCUT2D eigenvalue weighted by Crippen LogP contribution is -2.21. The SMILES string of the molecule is Cc1cccc2c1-c1ccc(N(c3cc(-c4ccccc4)c4ccccc4c3)c3ccc4c5ccccc5n(C(C)(C)C)c4c3)cc1C2(C)C. The average Bonchev–Trinajstić information content (AvgIpc) is 3.57. The van der Waals surface area contributed by atoms with Crippen LogP contribution in [0, 0.1) is 6.92 Å². The maximum atomic E-state index is 2.51. The van der Waals surface area contributed by atoms with E-state index in [4.69, 9.17) is 0 Å². The Morgan fingerprint density at radius 3 is 2.00 bits per heavy atom. The van der Waals surface area contributed by atoms with Crippen molar-refractivity contribution >= 4 is 49.6 Å². The monoisotopic (exact) mass is 646 g/mol. The number of rotatable bonds is 4. The van der Waals surface area contributed by atoms with Crippen molar-refractivity contribution in [2.24, 2.45) is 0 Å². The maximum Gasteiger partial charge on any atom is 0.0517 e. The second-order valence-electron chi connectivity index (χ2n) is 15.5. The maximum absolute atomic E-state index is 2.51. The van der Waals surface area contributed by atoms with Crippen LogP contribution >= 0.6 is 0 Å². The highest BCUT2D eigenvalue weighted by molar-refractivity contribution is 6.10. The van der Waals surface area contributed by atoms with E-state index < -0.39 is 0 Å². The van der Waals surface area contributed by atoms with E-state index in [1.54, 1.807) is 0 Å². The second-order valence-corrected chi connectivity index (χ2v) is 15.5. The molecule has 0 unspecified atom stereocenters. The van der Waals surface area contributed by atoms with E-state index in [-0.39, 0.29) is 11.0 Å². The Balaban J connectivity index is 1.34. The summed E-state index contributed by atoms with van der Waals surface area (Å²) in [7, 11) is 0. The van der Waals surface area contributed by atoms with Gasteiger partial charge < -0.3 is 9.47 Å². The zero-order valence-electron chi connectivity index (χ0n) is 29.8. The minimum atomic E-state index is -0.112. The fourth-order valence-electron chi connectivity index (χ4n) is 8.65. The molecule has 0 fully saturated rings. The second kappa shape index (κ2) is 11.0. The van der Waals surface area contributed by atoms with Crippen LogP contribution in [0.15, 0.2) is 146 Å². The molecule has 0 atom stereocenters. The van der Waals surface area contributed by atoms with Gasteiger partial charge in [-0.05, 0) is 120 Å². The van der Waals surface area contributed by atoms with Gasteiger partial charge >= 0.3 is 0 Å². The van der Waals surface area contributed by atoms with Crippen molar-refractivity contribution in [1.82, 2.24) is 4.57 Å². The first kappa shape index (κ1) is 30.5. The van der Waals surface area contributed by atoms with E-state index in [1.165, 1.54) is 71.5 Å². The van der Waals surface area contributed by atoms with Gasteiger partial charge in [0, 0.05) is 44.3 Å². The molecule has 0 bridgehead atoms. The summed E-state index contributed by atoms with van der Waals surface area (Å²) in [5.74, 6) is 0. The minimum absolute atomic E-state index is 0.102. The van der Waals surface area contributed by atoms with Crippen molar-refractivity contribution in [3.63, 3.8) is 0 Å². The number of para-hydroxylation sites is 1. The summed E-state index contributed by atoms with van der Waals surface area (Å²) in [6.07, 6.45) is 0. The summed E-state index contributed by atoms with van der Waals surface area (Å²) in [5.41, 5.74) is 15.0. The molecule has 0 N–H and O–H groups in total. The van der Waals surface area contributed by atoms with Gasteiger partial charge in [0.15, 0.2) is 0 Å². The highest BCUT2D eigenvalue weighted by Gasteiger charge is 2.37. The van der Waals surface area contributed by atoms with E-state index in [0.29, 0.717) is 0 Å². The Kier molecular flexibility index (Phi) is 6.67. The highest BCUT2D eigenvalue weighted by atomic mass is 15.1. The predicted molar refractivity (Wildman–Crippen MR) is 214 cm³/mol. The van der Waals surface area contributed by atoms with E-state index in [2.05, 4.69) is 197 Å². The number of nitrogens with zero attached hydrogens (tertiary/aromatic N) is 2. The summed E-state index contributed by atoms with van der Waals surface area (Å²) in [5, 5.41) is 5.05. The summed E-state index contributed by atoms with van der Waals surface area (Å²) in [6, 6.07) is 54.2. The van der Waals surface area contributed by atoms with Crippen molar-refractivity contribution in [2.45, 2.75) is 52.5 Å². The number of hydrogen-bond acceptors (Lipinski definition) is 1. The Hall–Kier alpha value is -5.60. The lowest BCUT2D eigenvalue weighted by Gasteiger charge is -2.30. The number of aryl methyl sites for hydroxylation is 1. The number of fused-ring (bicyclic) bond motifs is 7. The first-order valence-corrected chi connectivity index (χ1v) is 17.8. The molecule has 0 radical (unpaired) electrons. The van der Waals surface area contributed by atoms with E-state index in [9.17, 15) is 0 Å². The topological polar surface area (TPSA) is 8.17 Å². The fraction of sp³-hybridized carbons (Fsp3) is 0.167. The van der Waals surface area contributed by atoms with Gasteiger partial charge in [-0.25, -0.2) is 0 Å². The Morgan fingerprint density at radius 1 is 0.520 bits per heavy atom. The van der Waals surface area contributed by atoms with E-state index >= 15 is 0 Å². The highest BCUT2D eigenvalue weighted by Crippen LogP contribution is 2.52. The van der Waals surface area contributed by atoms with Gasteiger partial charge in [0.1, 0.15) is 0 Å². The van der Waals surface area contributed by atoms with Crippen molar-refractivity contribution < 1.29 is 0 Å². The molecule has 7 aromatic carbocycles. The molecule has 50 heavy (non-hydrogen) atoms. The molecule has 0 aliphatic heterocycles. The number of benzene rings is 7. The molecule has 9 rings (SSSR count). The van der Waals surface area contributed by atoms with Crippen LogP contribution in [0.25, 0.3) is 54.8 Å². The Labute approximate surface area is 295 Å². The van der Waals surface area contributed by atoms with Crippen molar-refractivity contribution in [1.29, 1.82) is 0 Å². The van der Waals surface area contributed by atoms with Crippen LogP contribution < -0.4 is 4.90 Å². The van der Waals surface area contributed by atoms with Crippen LogP contribution in [0.1, 0.15) is 51.3 Å². The van der Waals surface area contributed by atoms with Gasteiger partial charge in [-0.1, -0.05) is 117 Å². The minimum Gasteiger partial charge on any atom is -0.335 e. The Morgan fingerprint density at radius 2 is 1.20 bits per heavy atom. The molecule has 0 spiro atoms. The number of anilines is 3. The molecule has 0 saturated carbocycles. The first-order valence-electron chi connectivity index (χ1n) is 17.8. The van der Waals surface area contributed by atoms with Crippen LogP contribution in [0.5, 0.6) is 0 Å². The summed E-state index contributed by atoms with van der Waals surface area (Å²) in [4.78, 5) is 2.48. The molecule has 244 valence electrons. The van der Waals surface area contributed by atoms with Crippen molar-refractivity contribution in [3.05, 3.63) is 162 Å². The van der Waals surface area contributed by atoms with Gasteiger partial charge in [-0.2, -0.15) is 0 Å². The molecule has 1 aromatic heterocycles. The van der Waals surface area contributed by atoms with Crippen LogP contribution in [0.3, 0.4) is 0 Å². The van der Waals surface area contributed by atoms with Crippen LogP contribution in [0.2, 0.25) is 0 Å². The van der Waals surface area contributed by atoms with Gasteiger partial charge in [-0.3, -0.25) is 0 Å². The largest absolute Gasteiger partial charge is 0.335 e. The predicted octanol–water partition coefficient (Wildman–Crippen LogP) is 13.5. The van der Waals surface area contributed by atoms with Gasteiger partial charge in [-0.15, -0.1) is 0 Å². The lowest BCUT2D eigenvalue weighted by atomic mass is 9.82. The summed E-state index contributed by atoms with van der Waals surface area (Å²) >= 11 is 0. The van der Waals surface area contributed by atoms with Crippen molar-refractivity contribution in [3.8, 4) is 22.3 Å². The number of aromatic nitrogens is 1. The van der Waals surface area contributed by atoms with Gasteiger partial charge in [0.2, 0.25) is 0 Å². The molecular weight excluding hydrogens is 605 g/mol. The fourth-order valence-corrected chi connectivity index (χ4v) is 8.65. The average molecular weight is 647 g/mol.